The van der Waals surface area contributed by atoms with Crippen LogP contribution in [0.5, 0.6) is 5.75 Å². The molecule has 0 amide bonds. The fraction of sp³-hybridized carbons (Fsp3) is 0.500. The number of ether oxygens (including phenoxy) is 1. The van der Waals surface area contributed by atoms with E-state index >= 15 is 0 Å². The third kappa shape index (κ3) is 2.67. The lowest BCUT2D eigenvalue weighted by Gasteiger charge is -2.25. The van der Waals surface area contributed by atoms with Crippen LogP contribution in [0, 0.1) is 0 Å². The Morgan fingerprint density at radius 2 is 2.29 bits per heavy atom. The molecular weight excluding hydrogens is 214 g/mol. The first-order valence-corrected chi connectivity index (χ1v) is 6.04. The first-order valence-electron chi connectivity index (χ1n) is 6.04. The lowest BCUT2D eigenvalue weighted by molar-refractivity contribution is -0.107. The molecule has 0 bridgehead atoms. The van der Waals surface area contributed by atoms with Crippen molar-refractivity contribution in [3.05, 3.63) is 29.3 Å². The second kappa shape index (κ2) is 4.88. The van der Waals surface area contributed by atoms with Crippen LogP contribution >= 0.6 is 0 Å². The smallest absolute Gasteiger partial charge is 0.133 e. The first-order chi connectivity index (χ1) is 8.13. The Morgan fingerprint density at radius 3 is 3.06 bits per heavy atom. The molecular formula is C14H19NO2. The standard InChI is InChI=1S/C14H19NO2/c1-14(2,10-15-6-7-16)12-3-4-13-11(9-12)5-8-17-13/h3-4,7,9,15H,5-6,8,10H2,1-2H3. The fourth-order valence-corrected chi connectivity index (χ4v) is 2.15. The van der Waals surface area contributed by atoms with E-state index in [1.54, 1.807) is 0 Å². The summed E-state index contributed by atoms with van der Waals surface area (Å²) in [5.41, 5.74) is 2.62. The SMILES string of the molecule is CC(C)(CNCC=O)c1ccc2c(c1)CCO2. The van der Waals surface area contributed by atoms with Gasteiger partial charge in [0.2, 0.25) is 0 Å². The topological polar surface area (TPSA) is 38.3 Å². The van der Waals surface area contributed by atoms with Crippen LogP contribution in [0.15, 0.2) is 18.2 Å². The average Bonchev–Trinajstić information content (AvgIpc) is 2.76. The molecule has 1 N–H and O–H groups in total. The quantitative estimate of drug-likeness (QED) is 0.621. The minimum Gasteiger partial charge on any atom is -0.493 e. The molecule has 0 aromatic heterocycles. The number of hydrogen-bond donors (Lipinski definition) is 1. The highest BCUT2D eigenvalue weighted by Gasteiger charge is 2.22. The molecule has 0 aliphatic carbocycles. The summed E-state index contributed by atoms with van der Waals surface area (Å²) in [5, 5.41) is 3.14. The van der Waals surface area contributed by atoms with Crippen LogP contribution in [0.2, 0.25) is 0 Å². The van der Waals surface area contributed by atoms with Crippen molar-refractivity contribution < 1.29 is 9.53 Å². The molecule has 3 heteroatoms. The van der Waals surface area contributed by atoms with Crippen LogP contribution in [0.3, 0.4) is 0 Å². The lowest BCUT2D eigenvalue weighted by Crippen LogP contribution is -2.33. The summed E-state index contributed by atoms with van der Waals surface area (Å²) in [5.74, 6) is 1.02. The fourth-order valence-electron chi connectivity index (χ4n) is 2.15. The summed E-state index contributed by atoms with van der Waals surface area (Å²) >= 11 is 0. The van der Waals surface area contributed by atoms with Gasteiger partial charge in [-0.2, -0.15) is 0 Å². The van der Waals surface area contributed by atoms with E-state index in [-0.39, 0.29) is 5.41 Å². The number of carbonyl (C=O) groups excluding carboxylic acids is 1. The van der Waals surface area contributed by atoms with Gasteiger partial charge in [0.15, 0.2) is 0 Å². The molecule has 1 aromatic rings. The van der Waals surface area contributed by atoms with Gasteiger partial charge < -0.3 is 14.8 Å². The molecule has 2 rings (SSSR count). The monoisotopic (exact) mass is 233 g/mol. The number of nitrogens with one attached hydrogen (secondary N) is 1. The normalized spacial score (nSPS) is 14.2. The highest BCUT2D eigenvalue weighted by atomic mass is 16.5. The Kier molecular flexibility index (Phi) is 3.48. The van der Waals surface area contributed by atoms with Crippen LogP contribution in [0.4, 0.5) is 0 Å². The Morgan fingerprint density at radius 1 is 1.47 bits per heavy atom. The van der Waals surface area contributed by atoms with Crippen LogP contribution in [0.1, 0.15) is 25.0 Å². The maximum Gasteiger partial charge on any atom is 0.133 e. The molecule has 1 aliphatic rings. The molecule has 0 unspecified atom stereocenters. The van der Waals surface area contributed by atoms with E-state index < -0.39 is 0 Å². The van der Waals surface area contributed by atoms with Gasteiger partial charge in [-0.15, -0.1) is 0 Å². The molecule has 17 heavy (non-hydrogen) atoms. The number of benzene rings is 1. The van der Waals surface area contributed by atoms with E-state index in [1.807, 2.05) is 0 Å². The maximum absolute atomic E-state index is 10.3. The third-order valence-corrected chi connectivity index (χ3v) is 3.27. The average molecular weight is 233 g/mol. The number of carbonyl (C=O) groups is 1. The van der Waals surface area contributed by atoms with E-state index in [0.717, 1.165) is 31.6 Å². The second-order valence-electron chi connectivity index (χ2n) is 5.10. The Hall–Kier alpha value is -1.35. The molecule has 1 aliphatic heterocycles. The van der Waals surface area contributed by atoms with E-state index in [4.69, 9.17) is 4.74 Å². The van der Waals surface area contributed by atoms with Crippen molar-refractivity contribution in [2.45, 2.75) is 25.7 Å². The summed E-state index contributed by atoms with van der Waals surface area (Å²) < 4.78 is 5.50. The lowest BCUT2D eigenvalue weighted by atomic mass is 9.83. The number of hydrogen-bond acceptors (Lipinski definition) is 3. The number of fused-ring (bicyclic) bond motifs is 1. The third-order valence-electron chi connectivity index (χ3n) is 3.27. The van der Waals surface area contributed by atoms with Crippen molar-refractivity contribution in [2.75, 3.05) is 19.7 Å². The van der Waals surface area contributed by atoms with Crippen LogP contribution < -0.4 is 10.1 Å². The molecule has 1 aromatic carbocycles. The van der Waals surface area contributed by atoms with Gasteiger partial charge in [0.1, 0.15) is 12.0 Å². The van der Waals surface area contributed by atoms with E-state index in [2.05, 4.69) is 37.4 Å². The van der Waals surface area contributed by atoms with Crippen LogP contribution in [-0.4, -0.2) is 26.0 Å². The van der Waals surface area contributed by atoms with E-state index in [9.17, 15) is 4.79 Å². The first kappa shape index (κ1) is 12.1. The molecule has 0 radical (unpaired) electrons. The zero-order valence-corrected chi connectivity index (χ0v) is 10.5. The van der Waals surface area contributed by atoms with Crippen molar-refractivity contribution in [3.8, 4) is 5.75 Å². The molecule has 0 saturated carbocycles. The number of rotatable bonds is 5. The molecule has 0 spiro atoms. The largest absolute Gasteiger partial charge is 0.493 e. The predicted molar refractivity (Wildman–Crippen MR) is 67.6 cm³/mol. The van der Waals surface area contributed by atoms with Gasteiger partial charge in [0.25, 0.3) is 0 Å². The Bertz CT molecular complexity index is 413. The van der Waals surface area contributed by atoms with Gasteiger partial charge in [0.05, 0.1) is 13.2 Å². The minimum atomic E-state index is 0.0284. The molecule has 0 atom stereocenters. The Balaban J connectivity index is 2.12. The molecule has 0 fully saturated rings. The number of aldehydes is 1. The zero-order chi connectivity index (χ0) is 12.3. The van der Waals surface area contributed by atoms with Gasteiger partial charge in [-0.05, 0) is 17.2 Å². The van der Waals surface area contributed by atoms with Gasteiger partial charge in [-0.25, -0.2) is 0 Å². The highest BCUT2D eigenvalue weighted by molar-refractivity contribution is 5.51. The maximum atomic E-state index is 10.3. The van der Waals surface area contributed by atoms with Crippen LogP contribution in [0.25, 0.3) is 0 Å². The second-order valence-corrected chi connectivity index (χ2v) is 5.10. The highest BCUT2D eigenvalue weighted by Crippen LogP contribution is 2.31. The van der Waals surface area contributed by atoms with Crippen molar-refractivity contribution in [2.24, 2.45) is 0 Å². The summed E-state index contributed by atoms with van der Waals surface area (Å²) in [6.07, 6.45) is 1.90. The summed E-state index contributed by atoms with van der Waals surface area (Å²) in [6.45, 7) is 6.37. The minimum absolute atomic E-state index is 0.0284. The van der Waals surface area contributed by atoms with Crippen molar-refractivity contribution in [3.63, 3.8) is 0 Å². The summed E-state index contributed by atoms with van der Waals surface area (Å²) in [7, 11) is 0. The molecule has 92 valence electrons. The predicted octanol–water partition coefficient (Wildman–Crippen LogP) is 1.69. The van der Waals surface area contributed by atoms with Gasteiger partial charge >= 0.3 is 0 Å². The Labute approximate surface area is 102 Å². The van der Waals surface area contributed by atoms with Crippen molar-refractivity contribution in [1.82, 2.24) is 5.32 Å². The van der Waals surface area contributed by atoms with Crippen molar-refractivity contribution in [1.29, 1.82) is 0 Å². The molecule has 0 saturated heterocycles. The van der Waals surface area contributed by atoms with E-state index in [0.29, 0.717) is 6.54 Å². The van der Waals surface area contributed by atoms with Crippen LogP contribution in [-0.2, 0) is 16.6 Å². The van der Waals surface area contributed by atoms with Gasteiger partial charge in [-0.1, -0.05) is 26.0 Å². The van der Waals surface area contributed by atoms with Crippen molar-refractivity contribution >= 4 is 6.29 Å². The van der Waals surface area contributed by atoms with Gasteiger partial charge in [-0.3, -0.25) is 0 Å². The van der Waals surface area contributed by atoms with Gasteiger partial charge in [0, 0.05) is 18.4 Å². The summed E-state index contributed by atoms with van der Waals surface area (Å²) in [4.78, 5) is 10.3. The zero-order valence-electron chi connectivity index (χ0n) is 10.5. The summed E-state index contributed by atoms with van der Waals surface area (Å²) in [6, 6.07) is 6.40. The van der Waals surface area contributed by atoms with E-state index in [1.165, 1.54) is 11.1 Å². The molecule has 3 nitrogen and oxygen atoms in total. The molecule has 1 heterocycles.